The van der Waals surface area contributed by atoms with Crippen molar-refractivity contribution in [3.63, 3.8) is 0 Å². The van der Waals surface area contributed by atoms with Crippen LogP contribution in [0.2, 0.25) is 0 Å². The highest BCUT2D eigenvalue weighted by Gasteiger charge is 2.32. The molecule has 0 aliphatic carbocycles. The zero-order valence-electron chi connectivity index (χ0n) is 9.18. The Morgan fingerprint density at radius 1 is 1.35 bits per heavy atom. The molecule has 1 aromatic carbocycles. The molecule has 17 heavy (non-hydrogen) atoms. The zero-order valence-corrected chi connectivity index (χ0v) is 9.18. The fourth-order valence-electron chi connectivity index (χ4n) is 1.25. The Morgan fingerprint density at radius 3 is 2.53 bits per heavy atom. The van der Waals surface area contributed by atoms with Crippen LogP contribution in [0.15, 0.2) is 18.2 Å². The SMILES string of the molecule is COC(=O)C#Cc1cccc(C(F)(F)F)c1C. The number of benzene rings is 1. The van der Waals surface area contributed by atoms with E-state index in [0.717, 1.165) is 13.2 Å². The molecule has 0 amide bonds. The molecule has 0 heterocycles. The molecule has 0 bridgehead atoms. The average molecular weight is 242 g/mol. The van der Waals surface area contributed by atoms with Gasteiger partial charge in [0, 0.05) is 11.5 Å². The molecule has 0 saturated carbocycles. The smallest absolute Gasteiger partial charge is 0.416 e. The van der Waals surface area contributed by atoms with E-state index in [1.54, 1.807) is 0 Å². The lowest BCUT2D eigenvalue weighted by Gasteiger charge is -2.10. The monoisotopic (exact) mass is 242 g/mol. The molecule has 0 fully saturated rings. The van der Waals surface area contributed by atoms with E-state index in [4.69, 9.17) is 0 Å². The number of carbonyl (C=O) groups excluding carboxylic acids is 1. The summed E-state index contributed by atoms with van der Waals surface area (Å²) in [6.45, 7) is 1.31. The number of rotatable bonds is 0. The molecule has 0 aliphatic rings. The number of hydrogen-bond donors (Lipinski definition) is 0. The minimum atomic E-state index is -4.42. The van der Waals surface area contributed by atoms with Gasteiger partial charge in [0.05, 0.1) is 12.7 Å². The van der Waals surface area contributed by atoms with Gasteiger partial charge >= 0.3 is 12.1 Å². The van der Waals surface area contributed by atoms with E-state index in [-0.39, 0.29) is 11.1 Å². The lowest BCUT2D eigenvalue weighted by atomic mass is 10.0. The molecule has 0 aromatic heterocycles. The quantitative estimate of drug-likeness (QED) is 0.516. The summed E-state index contributed by atoms with van der Waals surface area (Å²) in [4.78, 5) is 10.8. The van der Waals surface area contributed by atoms with Crippen LogP contribution in [0.1, 0.15) is 16.7 Å². The lowest BCUT2D eigenvalue weighted by molar-refractivity contribution is -0.138. The van der Waals surface area contributed by atoms with Gasteiger partial charge in [0.15, 0.2) is 0 Å². The van der Waals surface area contributed by atoms with Crippen molar-refractivity contribution in [3.8, 4) is 11.8 Å². The van der Waals surface area contributed by atoms with Crippen molar-refractivity contribution < 1.29 is 22.7 Å². The molecule has 0 aliphatic heterocycles. The predicted molar refractivity (Wildman–Crippen MR) is 55.1 cm³/mol. The molecule has 0 saturated heterocycles. The van der Waals surface area contributed by atoms with E-state index >= 15 is 0 Å². The third kappa shape index (κ3) is 3.25. The Morgan fingerprint density at radius 2 is 2.00 bits per heavy atom. The Kier molecular flexibility index (Phi) is 3.79. The molecule has 0 radical (unpaired) electrons. The molecule has 0 spiro atoms. The van der Waals surface area contributed by atoms with Gasteiger partial charge in [0.1, 0.15) is 0 Å². The van der Waals surface area contributed by atoms with Crippen LogP contribution in [0.25, 0.3) is 0 Å². The van der Waals surface area contributed by atoms with Gasteiger partial charge in [-0.1, -0.05) is 12.0 Å². The first-order chi connectivity index (χ1) is 7.86. The fourth-order valence-corrected chi connectivity index (χ4v) is 1.25. The number of alkyl halides is 3. The maximum Gasteiger partial charge on any atom is 0.416 e. The number of hydrogen-bond acceptors (Lipinski definition) is 2. The van der Waals surface area contributed by atoms with E-state index in [2.05, 4.69) is 16.6 Å². The summed E-state index contributed by atoms with van der Waals surface area (Å²) in [5.41, 5.74) is -0.601. The summed E-state index contributed by atoms with van der Waals surface area (Å²) in [6, 6.07) is 3.64. The van der Waals surface area contributed by atoms with Crippen LogP contribution in [0.3, 0.4) is 0 Å². The van der Waals surface area contributed by atoms with Gasteiger partial charge < -0.3 is 4.74 Å². The van der Waals surface area contributed by atoms with Gasteiger partial charge in [0.2, 0.25) is 0 Å². The van der Waals surface area contributed by atoms with E-state index in [0.29, 0.717) is 0 Å². The molecule has 2 nitrogen and oxygen atoms in total. The molecular weight excluding hydrogens is 233 g/mol. The van der Waals surface area contributed by atoms with Crippen LogP contribution in [0, 0.1) is 18.8 Å². The number of methoxy groups -OCH3 is 1. The normalized spacial score (nSPS) is 10.4. The summed E-state index contributed by atoms with van der Waals surface area (Å²) in [7, 11) is 1.15. The van der Waals surface area contributed by atoms with Gasteiger partial charge in [0.25, 0.3) is 0 Å². The maximum atomic E-state index is 12.6. The van der Waals surface area contributed by atoms with Crippen molar-refractivity contribution in [1.29, 1.82) is 0 Å². The highest BCUT2D eigenvalue weighted by Crippen LogP contribution is 2.32. The molecule has 1 rings (SSSR count). The van der Waals surface area contributed by atoms with Crippen LogP contribution < -0.4 is 0 Å². The first-order valence-corrected chi connectivity index (χ1v) is 4.63. The van der Waals surface area contributed by atoms with Crippen molar-refractivity contribution in [2.24, 2.45) is 0 Å². The Bertz CT molecular complexity index is 493. The second-order valence-electron chi connectivity index (χ2n) is 3.22. The van der Waals surface area contributed by atoms with Crippen molar-refractivity contribution in [2.45, 2.75) is 13.1 Å². The highest BCUT2D eigenvalue weighted by molar-refractivity contribution is 5.89. The topological polar surface area (TPSA) is 26.3 Å². The van der Waals surface area contributed by atoms with Crippen molar-refractivity contribution in [2.75, 3.05) is 7.11 Å². The molecule has 0 unspecified atom stereocenters. The van der Waals surface area contributed by atoms with Gasteiger partial charge in [-0.05, 0) is 24.6 Å². The number of halogens is 3. The number of ether oxygens (including phenoxy) is 1. The zero-order chi connectivity index (χ0) is 13.1. The summed E-state index contributed by atoms with van der Waals surface area (Å²) >= 11 is 0. The lowest BCUT2D eigenvalue weighted by Crippen LogP contribution is -2.08. The third-order valence-electron chi connectivity index (χ3n) is 2.12. The standard InChI is InChI=1S/C12H9F3O2/c1-8-9(6-7-11(16)17-2)4-3-5-10(8)12(13,14)15/h3-5H,1-2H3. The van der Waals surface area contributed by atoms with Crippen LogP contribution in [0.4, 0.5) is 13.2 Å². The third-order valence-corrected chi connectivity index (χ3v) is 2.12. The van der Waals surface area contributed by atoms with Gasteiger partial charge in [-0.25, -0.2) is 4.79 Å². The van der Waals surface area contributed by atoms with Gasteiger partial charge in [-0.15, -0.1) is 0 Å². The molecule has 5 heteroatoms. The van der Waals surface area contributed by atoms with Crippen LogP contribution in [-0.4, -0.2) is 13.1 Å². The Balaban J connectivity index is 3.19. The summed E-state index contributed by atoms with van der Waals surface area (Å²) in [6.07, 6.45) is -4.42. The summed E-state index contributed by atoms with van der Waals surface area (Å²) in [5, 5.41) is 0. The first-order valence-electron chi connectivity index (χ1n) is 4.63. The summed E-state index contributed by atoms with van der Waals surface area (Å²) in [5.74, 6) is 3.65. The Labute approximate surface area is 96.4 Å². The van der Waals surface area contributed by atoms with E-state index in [1.165, 1.54) is 19.1 Å². The van der Waals surface area contributed by atoms with E-state index in [9.17, 15) is 18.0 Å². The van der Waals surface area contributed by atoms with E-state index < -0.39 is 17.7 Å². The fraction of sp³-hybridized carbons (Fsp3) is 0.250. The molecule has 0 N–H and O–H groups in total. The largest absolute Gasteiger partial charge is 0.459 e. The van der Waals surface area contributed by atoms with Gasteiger partial charge in [-0.3, -0.25) is 0 Å². The predicted octanol–water partition coefficient (Wildman–Crippen LogP) is 2.54. The second kappa shape index (κ2) is 4.91. The number of carbonyl (C=O) groups is 1. The average Bonchev–Trinajstić information content (AvgIpc) is 2.25. The number of esters is 1. The van der Waals surface area contributed by atoms with Crippen molar-refractivity contribution >= 4 is 5.97 Å². The van der Waals surface area contributed by atoms with Crippen molar-refractivity contribution in [1.82, 2.24) is 0 Å². The minimum Gasteiger partial charge on any atom is -0.459 e. The van der Waals surface area contributed by atoms with Crippen LogP contribution in [0.5, 0.6) is 0 Å². The highest BCUT2D eigenvalue weighted by atomic mass is 19.4. The molecule has 1 aromatic rings. The second-order valence-corrected chi connectivity index (χ2v) is 3.22. The molecule has 90 valence electrons. The molecular formula is C12H9F3O2. The molecule has 0 atom stereocenters. The first kappa shape index (κ1) is 13.1. The van der Waals surface area contributed by atoms with Crippen LogP contribution in [-0.2, 0) is 15.7 Å². The van der Waals surface area contributed by atoms with Crippen molar-refractivity contribution in [3.05, 3.63) is 34.9 Å². The summed E-state index contributed by atoms with van der Waals surface area (Å²) < 4.78 is 41.9. The van der Waals surface area contributed by atoms with Crippen LogP contribution >= 0.6 is 0 Å². The van der Waals surface area contributed by atoms with E-state index in [1.807, 2.05) is 0 Å². The Hall–Kier alpha value is -1.96. The van der Waals surface area contributed by atoms with Gasteiger partial charge in [-0.2, -0.15) is 13.2 Å². The minimum absolute atomic E-state index is 0.00333. The maximum absolute atomic E-state index is 12.6.